The first-order valence-electron chi connectivity index (χ1n) is 22.2. The minimum atomic E-state index is 0.164. The molecule has 0 fully saturated rings. The quantitative estimate of drug-likeness (QED) is 0.130. The molecule has 0 spiro atoms. The largest absolute Gasteiger partial charge is 0.872 e. The van der Waals surface area contributed by atoms with Gasteiger partial charge < -0.3 is 10.2 Å². The number of para-hydroxylation sites is 2. The van der Waals surface area contributed by atoms with E-state index in [1.165, 1.54) is 76.5 Å². The zero-order valence-electron chi connectivity index (χ0n) is 38.6. The molecule has 0 aliphatic heterocycles. The molecule has 0 aliphatic rings. The first-order chi connectivity index (χ1) is 30.9. The van der Waals surface area contributed by atoms with Gasteiger partial charge in [0.25, 0.3) is 0 Å². The van der Waals surface area contributed by atoms with E-state index < -0.39 is 0 Å². The Bertz CT molecular complexity index is 2890. The van der Waals surface area contributed by atoms with E-state index in [1.807, 2.05) is 64.1 Å². The molecule has 4 heteroatoms. The second-order valence-electron chi connectivity index (χ2n) is 16.5. The fourth-order valence-corrected chi connectivity index (χ4v) is 7.99. The van der Waals surface area contributed by atoms with Gasteiger partial charge in [-0.25, -0.2) is 0 Å². The third-order valence-corrected chi connectivity index (χ3v) is 11.4. The van der Waals surface area contributed by atoms with Crippen LogP contribution in [0, 0.1) is 27.7 Å². The van der Waals surface area contributed by atoms with Crippen molar-refractivity contribution < 1.29 is 33.5 Å². The number of aryl methyl sites for hydroxylation is 6. The number of benzene rings is 8. The molecular formula is C60H58O2SiZr-2. The van der Waals surface area contributed by atoms with Crippen molar-refractivity contribution >= 4 is 48.5 Å². The summed E-state index contributed by atoms with van der Waals surface area (Å²) in [4.78, 5) is 0. The molecule has 0 heterocycles. The molecule has 0 N–H and O–H groups in total. The monoisotopic (exact) mass is 928 g/mol. The predicted molar refractivity (Wildman–Crippen MR) is 272 cm³/mol. The number of hydrogen-bond donors (Lipinski definition) is 0. The van der Waals surface area contributed by atoms with Crippen molar-refractivity contribution in [3.05, 3.63) is 215 Å². The van der Waals surface area contributed by atoms with Crippen LogP contribution in [0.2, 0.25) is 13.1 Å². The van der Waals surface area contributed by atoms with Crippen molar-refractivity contribution in [1.82, 2.24) is 0 Å². The van der Waals surface area contributed by atoms with E-state index in [1.54, 1.807) is 23.3 Å². The zero-order valence-corrected chi connectivity index (χ0v) is 42.0. The summed E-state index contributed by atoms with van der Waals surface area (Å²) in [5.41, 5.74) is 11.7. The smallest absolute Gasteiger partial charge is 0.0404 e. The van der Waals surface area contributed by atoms with Crippen LogP contribution in [0.15, 0.2) is 182 Å². The number of hydrogen-bond acceptors (Lipinski definition) is 2. The number of rotatable bonds is 4. The van der Waals surface area contributed by atoms with Gasteiger partial charge in [0, 0.05) is 0 Å². The Morgan fingerprint density at radius 2 is 0.688 bits per heavy atom. The van der Waals surface area contributed by atoms with Crippen LogP contribution in [-0.4, -0.2) is 5.43 Å². The van der Waals surface area contributed by atoms with Crippen molar-refractivity contribution in [2.24, 2.45) is 0 Å². The Labute approximate surface area is 396 Å². The van der Waals surface area contributed by atoms with Crippen LogP contribution in [0.3, 0.4) is 0 Å². The van der Waals surface area contributed by atoms with E-state index in [4.69, 9.17) is 0 Å². The SMILES string of the molecule is CCc1cc2c(-c3cccc4ccccc34)cccc2[cH-]1.CCc1cc2c(-c3cccc4ccccc34)cccc2[cH-]1.C[Si](C)=[Zr+2].Cc1cccc(C)c1[O-].Cc1cccc(C)c1[O-]. The van der Waals surface area contributed by atoms with Gasteiger partial charge in [-0.15, -0.1) is 80.6 Å². The molecule has 2 nitrogen and oxygen atoms in total. The number of fused-ring (bicyclic) bond motifs is 4. The van der Waals surface area contributed by atoms with E-state index in [9.17, 15) is 10.2 Å². The molecule has 0 aromatic heterocycles. The summed E-state index contributed by atoms with van der Waals surface area (Å²) in [6.07, 6.45) is 2.17. The van der Waals surface area contributed by atoms with E-state index in [-0.39, 0.29) is 16.9 Å². The molecule has 0 unspecified atom stereocenters. The van der Waals surface area contributed by atoms with E-state index in [0.717, 1.165) is 35.1 Å². The molecule has 10 aromatic rings. The summed E-state index contributed by atoms with van der Waals surface area (Å²) in [7, 11) is 0. The maximum Gasteiger partial charge on any atom is -0.0404 e. The fourth-order valence-electron chi connectivity index (χ4n) is 7.99. The topological polar surface area (TPSA) is 46.1 Å². The maximum atomic E-state index is 11.0. The molecule has 10 rings (SSSR count). The van der Waals surface area contributed by atoms with Gasteiger partial charge in [-0.3, -0.25) is 0 Å². The second kappa shape index (κ2) is 22.7. The second-order valence-corrected chi connectivity index (χ2v) is 25.9. The van der Waals surface area contributed by atoms with E-state index in [2.05, 4.69) is 173 Å². The predicted octanol–water partition coefficient (Wildman–Crippen LogP) is 15.4. The van der Waals surface area contributed by atoms with Crippen molar-refractivity contribution in [3.8, 4) is 33.8 Å². The standard InChI is InChI=1S/2C21H17.2C8H10O.C2H6Si.Zr/c2*1-2-15-13-17-9-6-12-20(21(17)14-15)19-11-5-8-16-7-3-4-10-18(16)19;2*1-6-4-3-5-7(2)8(6)9;1-3-2;/h2*3-14H,2H2,1H3;2*3-5,9H,1-2H3;1-2H3;/q2*-1;;;;+2/p-2. The van der Waals surface area contributed by atoms with Gasteiger partial charge in [0.1, 0.15) is 0 Å². The summed E-state index contributed by atoms with van der Waals surface area (Å²) in [6.45, 7) is 16.4. The fraction of sp³-hybridized carbons (Fsp3) is 0.167. The van der Waals surface area contributed by atoms with Gasteiger partial charge >= 0.3 is 41.9 Å². The third kappa shape index (κ3) is 11.9. The van der Waals surface area contributed by atoms with Crippen LogP contribution >= 0.6 is 0 Å². The summed E-state index contributed by atoms with van der Waals surface area (Å²) in [6, 6.07) is 64.0. The van der Waals surface area contributed by atoms with Gasteiger partial charge in [-0.1, -0.05) is 181 Å². The molecule has 0 saturated carbocycles. The average molecular weight is 930 g/mol. The summed E-state index contributed by atoms with van der Waals surface area (Å²) in [5.74, 6) is 0.329. The molecule has 0 aliphatic carbocycles. The summed E-state index contributed by atoms with van der Waals surface area (Å²) < 4.78 is 0. The molecule has 0 bridgehead atoms. The van der Waals surface area contributed by atoms with Crippen LogP contribution in [0.1, 0.15) is 47.2 Å². The van der Waals surface area contributed by atoms with Crippen LogP contribution < -0.4 is 10.2 Å². The molecule has 10 aromatic carbocycles. The molecule has 0 radical (unpaired) electrons. The van der Waals surface area contributed by atoms with E-state index >= 15 is 0 Å². The van der Waals surface area contributed by atoms with Gasteiger partial charge in [0.2, 0.25) is 0 Å². The first kappa shape index (κ1) is 47.7. The van der Waals surface area contributed by atoms with Crippen molar-refractivity contribution in [3.63, 3.8) is 0 Å². The minimum Gasteiger partial charge on any atom is -0.872 e. The van der Waals surface area contributed by atoms with Crippen LogP contribution in [0.25, 0.3) is 65.3 Å². The molecular weight excluding hydrogens is 872 g/mol. The summed E-state index contributed by atoms with van der Waals surface area (Å²) >= 11 is 1.74. The van der Waals surface area contributed by atoms with Crippen molar-refractivity contribution in [2.75, 3.05) is 0 Å². The van der Waals surface area contributed by atoms with E-state index in [0.29, 0.717) is 0 Å². The van der Waals surface area contributed by atoms with Gasteiger partial charge in [0.15, 0.2) is 0 Å². The molecule has 320 valence electrons. The molecule has 0 atom stereocenters. The Balaban J connectivity index is 0.000000147. The molecule has 0 saturated heterocycles. The maximum absolute atomic E-state index is 11.0. The molecule has 0 amide bonds. The van der Waals surface area contributed by atoms with Crippen molar-refractivity contribution in [2.45, 2.75) is 67.5 Å². The van der Waals surface area contributed by atoms with Crippen LogP contribution in [0.4, 0.5) is 0 Å². The molecule has 64 heavy (non-hydrogen) atoms. The normalized spacial score (nSPS) is 10.5. The first-order valence-corrected chi connectivity index (χ1v) is 28.4. The Morgan fingerprint density at radius 3 is 1.02 bits per heavy atom. The minimum absolute atomic E-state index is 0.164. The van der Waals surface area contributed by atoms with Crippen LogP contribution in [-0.2, 0) is 36.2 Å². The summed E-state index contributed by atoms with van der Waals surface area (Å²) in [5, 5.41) is 32.6. The van der Waals surface area contributed by atoms with Gasteiger partial charge in [0.05, 0.1) is 0 Å². The van der Waals surface area contributed by atoms with Crippen molar-refractivity contribution in [1.29, 1.82) is 0 Å². The Hall–Kier alpha value is -5.80. The Morgan fingerprint density at radius 1 is 0.406 bits per heavy atom. The van der Waals surface area contributed by atoms with Gasteiger partial charge in [-0.05, 0) is 73.2 Å². The van der Waals surface area contributed by atoms with Crippen LogP contribution in [0.5, 0.6) is 11.5 Å². The Kier molecular flexibility index (Phi) is 16.9. The zero-order chi connectivity index (χ0) is 45.8. The van der Waals surface area contributed by atoms with Gasteiger partial charge in [-0.2, -0.15) is 12.1 Å². The third-order valence-electron chi connectivity index (χ3n) is 11.4. The average Bonchev–Trinajstić information content (AvgIpc) is 3.95.